The highest BCUT2D eigenvalue weighted by Gasteiger charge is 2.26. The van der Waals surface area contributed by atoms with E-state index in [2.05, 4.69) is 9.80 Å². The molecule has 29 heavy (non-hydrogen) atoms. The van der Waals surface area contributed by atoms with E-state index in [1.54, 1.807) is 12.1 Å². The van der Waals surface area contributed by atoms with Gasteiger partial charge >= 0.3 is 0 Å². The molecule has 1 N–H and O–H groups in total. The van der Waals surface area contributed by atoms with Crippen LogP contribution >= 0.6 is 0 Å². The van der Waals surface area contributed by atoms with E-state index >= 15 is 0 Å². The number of phenols is 1. The quantitative estimate of drug-likeness (QED) is 0.686. The van der Waals surface area contributed by atoms with E-state index in [1.807, 2.05) is 36.4 Å². The Morgan fingerprint density at radius 1 is 0.690 bits per heavy atom. The van der Waals surface area contributed by atoms with Crippen LogP contribution in [-0.4, -0.2) is 41.1 Å². The predicted molar refractivity (Wildman–Crippen MR) is 110 cm³/mol. The normalized spacial score (nSPS) is 15.7. The van der Waals surface area contributed by atoms with Crippen molar-refractivity contribution < 1.29 is 13.9 Å². The molecule has 0 aromatic heterocycles. The summed E-state index contributed by atoms with van der Waals surface area (Å²) in [5, 5.41) is 9.44. The summed E-state index contributed by atoms with van der Waals surface area (Å²) in [6, 6.07) is 20.4. The predicted octanol–water partition coefficient (Wildman–Crippen LogP) is 4.58. The first-order chi connectivity index (χ1) is 14.1. The molecule has 1 aliphatic rings. The topological polar surface area (TPSA) is 26.7 Å². The van der Waals surface area contributed by atoms with Crippen LogP contribution in [0.4, 0.5) is 8.78 Å². The monoisotopic (exact) mass is 394 g/mol. The highest BCUT2D eigenvalue weighted by Crippen LogP contribution is 2.30. The maximum absolute atomic E-state index is 13.4. The van der Waals surface area contributed by atoms with Crippen LogP contribution in [0.1, 0.15) is 22.7 Å². The lowest BCUT2D eigenvalue weighted by Crippen LogP contribution is -2.47. The standard InChI is InChI=1S/C24H24F2N2O/c25-21-7-3-19(4-8-21)24(20-5-9-22(26)10-6-20)28-15-13-27(14-16-28)17-18-1-11-23(29)12-2-18/h1-12,24,29H,13-17H2. The Morgan fingerprint density at radius 2 is 1.17 bits per heavy atom. The van der Waals surface area contributed by atoms with Crippen LogP contribution in [0.25, 0.3) is 0 Å². The number of halogens is 2. The lowest BCUT2D eigenvalue weighted by molar-refractivity contribution is 0.105. The Kier molecular flexibility index (Phi) is 5.88. The van der Waals surface area contributed by atoms with Gasteiger partial charge in [-0.15, -0.1) is 0 Å². The highest BCUT2D eigenvalue weighted by molar-refractivity contribution is 5.32. The Hall–Kier alpha value is -2.76. The number of phenolic OH excluding ortho intramolecular Hbond substituents is 1. The van der Waals surface area contributed by atoms with Gasteiger partial charge in [-0.3, -0.25) is 9.80 Å². The van der Waals surface area contributed by atoms with E-state index in [0.29, 0.717) is 0 Å². The number of nitrogens with zero attached hydrogens (tertiary/aromatic N) is 2. The summed E-state index contributed by atoms with van der Waals surface area (Å²) in [5.74, 6) is -0.240. The van der Waals surface area contributed by atoms with Gasteiger partial charge in [-0.2, -0.15) is 0 Å². The zero-order valence-electron chi connectivity index (χ0n) is 16.1. The van der Waals surface area contributed by atoms with E-state index in [9.17, 15) is 13.9 Å². The molecule has 0 bridgehead atoms. The van der Waals surface area contributed by atoms with Crippen LogP contribution in [0.3, 0.4) is 0 Å². The Morgan fingerprint density at radius 3 is 1.66 bits per heavy atom. The van der Waals surface area contributed by atoms with Crippen molar-refractivity contribution in [3.8, 4) is 5.75 Å². The third-order valence-corrected chi connectivity index (χ3v) is 5.49. The minimum absolute atomic E-state index is 0.0352. The van der Waals surface area contributed by atoms with Gasteiger partial charge in [0.2, 0.25) is 0 Å². The fourth-order valence-electron chi connectivity index (χ4n) is 3.94. The molecule has 150 valence electrons. The summed E-state index contributed by atoms with van der Waals surface area (Å²) >= 11 is 0. The molecule has 0 aliphatic carbocycles. The molecule has 3 aromatic rings. The second-order valence-corrected chi connectivity index (χ2v) is 7.48. The fraction of sp³-hybridized carbons (Fsp3) is 0.250. The van der Waals surface area contributed by atoms with E-state index < -0.39 is 0 Å². The smallest absolute Gasteiger partial charge is 0.123 e. The molecular formula is C24H24F2N2O. The Balaban J connectivity index is 1.49. The largest absolute Gasteiger partial charge is 0.508 e. The van der Waals surface area contributed by atoms with Crippen molar-refractivity contribution in [2.75, 3.05) is 26.2 Å². The van der Waals surface area contributed by atoms with Gasteiger partial charge in [0.15, 0.2) is 0 Å². The minimum atomic E-state index is -0.259. The van der Waals surface area contributed by atoms with Gasteiger partial charge < -0.3 is 5.11 Å². The maximum atomic E-state index is 13.4. The van der Waals surface area contributed by atoms with Crippen molar-refractivity contribution in [3.05, 3.63) is 101 Å². The average molecular weight is 394 g/mol. The van der Waals surface area contributed by atoms with E-state index in [4.69, 9.17) is 0 Å². The molecule has 3 nitrogen and oxygen atoms in total. The molecule has 1 saturated heterocycles. The molecular weight excluding hydrogens is 370 g/mol. The van der Waals surface area contributed by atoms with Crippen LogP contribution in [0.5, 0.6) is 5.75 Å². The molecule has 1 heterocycles. The van der Waals surface area contributed by atoms with E-state index in [1.165, 1.54) is 29.8 Å². The first-order valence-corrected chi connectivity index (χ1v) is 9.84. The molecule has 0 radical (unpaired) electrons. The molecule has 0 saturated carbocycles. The van der Waals surface area contributed by atoms with Crippen molar-refractivity contribution in [3.63, 3.8) is 0 Å². The van der Waals surface area contributed by atoms with Crippen molar-refractivity contribution >= 4 is 0 Å². The summed E-state index contributed by atoms with van der Waals surface area (Å²) in [6.45, 7) is 4.36. The number of hydrogen-bond acceptors (Lipinski definition) is 3. The van der Waals surface area contributed by atoms with Gasteiger partial charge in [-0.1, -0.05) is 36.4 Å². The van der Waals surface area contributed by atoms with Gasteiger partial charge in [0, 0.05) is 32.7 Å². The Bertz CT molecular complexity index is 873. The zero-order chi connectivity index (χ0) is 20.2. The van der Waals surface area contributed by atoms with Gasteiger partial charge in [0.05, 0.1) is 6.04 Å². The molecule has 5 heteroatoms. The number of piperazine rings is 1. The maximum Gasteiger partial charge on any atom is 0.123 e. The first-order valence-electron chi connectivity index (χ1n) is 9.84. The molecule has 4 rings (SSSR count). The number of aromatic hydroxyl groups is 1. The summed E-state index contributed by atoms with van der Waals surface area (Å²) in [4.78, 5) is 4.75. The summed E-state index contributed by atoms with van der Waals surface area (Å²) in [7, 11) is 0. The minimum Gasteiger partial charge on any atom is -0.508 e. The van der Waals surface area contributed by atoms with Gasteiger partial charge in [0.25, 0.3) is 0 Å². The molecule has 0 spiro atoms. The molecule has 3 aromatic carbocycles. The molecule has 1 aliphatic heterocycles. The van der Waals surface area contributed by atoms with E-state index in [-0.39, 0.29) is 23.4 Å². The fourth-order valence-corrected chi connectivity index (χ4v) is 3.94. The van der Waals surface area contributed by atoms with Crippen LogP contribution in [0.2, 0.25) is 0 Å². The first kappa shape index (κ1) is 19.6. The lowest BCUT2D eigenvalue weighted by atomic mass is 9.96. The summed E-state index contributed by atoms with van der Waals surface area (Å²) in [5.41, 5.74) is 3.18. The average Bonchev–Trinajstić information content (AvgIpc) is 2.74. The zero-order valence-corrected chi connectivity index (χ0v) is 16.1. The van der Waals surface area contributed by atoms with Gasteiger partial charge in [-0.05, 0) is 53.1 Å². The van der Waals surface area contributed by atoms with Crippen LogP contribution in [0, 0.1) is 11.6 Å². The molecule has 0 atom stereocenters. The number of hydrogen-bond donors (Lipinski definition) is 1. The van der Waals surface area contributed by atoms with Crippen LogP contribution in [0.15, 0.2) is 72.8 Å². The van der Waals surface area contributed by atoms with Crippen molar-refractivity contribution in [1.82, 2.24) is 9.80 Å². The van der Waals surface area contributed by atoms with Gasteiger partial charge in [-0.25, -0.2) is 8.78 Å². The van der Waals surface area contributed by atoms with Crippen molar-refractivity contribution in [2.24, 2.45) is 0 Å². The molecule has 1 fully saturated rings. The number of rotatable bonds is 5. The van der Waals surface area contributed by atoms with Crippen LogP contribution in [-0.2, 0) is 6.54 Å². The van der Waals surface area contributed by atoms with Gasteiger partial charge in [0.1, 0.15) is 17.4 Å². The SMILES string of the molecule is Oc1ccc(CN2CCN(C(c3ccc(F)cc3)c3ccc(F)cc3)CC2)cc1. The number of benzene rings is 3. The third kappa shape index (κ3) is 4.81. The molecule has 0 unspecified atom stereocenters. The summed E-state index contributed by atoms with van der Waals surface area (Å²) < 4.78 is 26.9. The van der Waals surface area contributed by atoms with Crippen LogP contribution < -0.4 is 0 Å². The highest BCUT2D eigenvalue weighted by atomic mass is 19.1. The third-order valence-electron chi connectivity index (χ3n) is 5.49. The molecule has 0 amide bonds. The lowest BCUT2D eigenvalue weighted by Gasteiger charge is -2.40. The summed E-state index contributed by atoms with van der Waals surface area (Å²) in [6.07, 6.45) is 0. The second-order valence-electron chi connectivity index (χ2n) is 7.48. The Labute approximate surface area is 169 Å². The second kappa shape index (κ2) is 8.72. The van der Waals surface area contributed by atoms with Crippen molar-refractivity contribution in [1.29, 1.82) is 0 Å². The van der Waals surface area contributed by atoms with E-state index in [0.717, 1.165) is 43.9 Å². The van der Waals surface area contributed by atoms with Crippen molar-refractivity contribution in [2.45, 2.75) is 12.6 Å².